The average molecular weight is 283 g/mol. The van der Waals surface area contributed by atoms with Crippen LogP contribution in [0.25, 0.3) is 0 Å². The number of benzene rings is 1. The highest BCUT2D eigenvalue weighted by Crippen LogP contribution is 2.36. The minimum absolute atomic E-state index is 0.284. The molecule has 1 heterocycles. The van der Waals surface area contributed by atoms with Crippen molar-refractivity contribution in [1.82, 2.24) is 5.32 Å². The van der Waals surface area contributed by atoms with E-state index in [0.717, 1.165) is 4.88 Å². The second-order valence-corrected chi connectivity index (χ2v) is 5.15. The summed E-state index contributed by atoms with van der Waals surface area (Å²) >= 11 is 1.44. The van der Waals surface area contributed by atoms with Crippen molar-refractivity contribution >= 4 is 11.3 Å². The van der Waals surface area contributed by atoms with E-state index in [4.69, 9.17) is 4.74 Å². The van der Waals surface area contributed by atoms with E-state index < -0.39 is 17.7 Å². The Balaban J connectivity index is 2.51. The van der Waals surface area contributed by atoms with Gasteiger partial charge in [-0.25, -0.2) is 8.78 Å². The van der Waals surface area contributed by atoms with Gasteiger partial charge in [0, 0.05) is 5.56 Å². The fourth-order valence-electron chi connectivity index (χ4n) is 2.00. The van der Waals surface area contributed by atoms with Gasteiger partial charge in [0.2, 0.25) is 0 Å². The molecule has 0 aliphatic carbocycles. The summed E-state index contributed by atoms with van der Waals surface area (Å²) in [6.45, 7) is 1.54. The molecule has 0 spiro atoms. The zero-order valence-corrected chi connectivity index (χ0v) is 11.8. The van der Waals surface area contributed by atoms with Crippen molar-refractivity contribution in [2.45, 2.75) is 13.0 Å². The first-order valence-corrected chi connectivity index (χ1v) is 6.70. The van der Waals surface area contributed by atoms with E-state index >= 15 is 0 Å². The van der Waals surface area contributed by atoms with E-state index in [1.807, 2.05) is 11.4 Å². The maximum atomic E-state index is 14.1. The lowest BCUT2D eigenvalue weighted by Crippen LogP contribution is -2.19. The van der Waals surface area contributed by atoms with Crippen molar-refractivity contribution < 1.29 is 13.5 Å². The molecule has 0 saturated heterocycles. The fraction of sp³-hybridized carbons (Fsp3) is 0.286. The van der Waals surface area contributed by atoms with Crippen LogP contribution in [0.15, 0.2) is 23.6 Å². The second-order valence-electron chi connectivity index (χ2n) is 4.20. The lowest BCUT2D eigenvalue weighted by atomic mass is 10.0. The first-order valence-electron chi connectivity index (χ1n) is 5.82. The molecular formula is C14H15F2NOS. The zero-order chi connectivity index (χ0) is 14.0. The molecular weight excluding hydrogens is 268 g/mol. The highest BCUT2D eigenvalue weighted by molar-refractivity contribution is 7.10. The summed E-state index contributed by atoms with van der Waals surface area (Å²) in [5.41, 5.74) is 0.584. The molecule has 1 unspecified atom stereocenters. The lowest BCUT2D eigenvalue weighted by Gasteiger charge is -2.18. The number of hydrogen-bond donors (Lipinski definition) is 1. The molecule has 1 N–H and O–H groups in total. The SMILES string of the molecule is CNC(c1cc(F)c(C)cc1F)c1sccc1OC. The summed E-state index contributed by atoms with van der Waals surface area (Å²) in [4.78, 5) is 0.826. The Hall–Kier alpha value is -1.46. The quantitative estimate of drug-likeness (QED) is 0.924. The van der Waals surface area contributed by atoms with E-state index in [9.17, 15) is 8.78 Å². The second kappa shape index (κ2) is 5.67. The topological polar surface area (TPSA) is 21.3 Å². The van der Waals surface area contributed by atoms with E-state index in [1.54, 1.807) is 21.1 Å². The van der Waals surface area contributed by atoms with E-state index in [-0.39, 0.29) is 5.56 Å². The summed E-state index contributed by atoms with van der Waals surface area (Å²) in [6, 6.07) is 3.84. The maximum Gasteiger partial charge on any atom is 0.134 e. The molecule has 0 aliphatic heterocycles. The predicted molar refractivity (Wildman–Crippen MR) is 72.9 cm³/mol. The monoisotopic (exact) mass is 283 g/mol. The molecule has 19 heavy (non-hydrogen) atoms. The molecule has 2 nitrogen and oxygen atoms in total. The number of thiophene rings is 1. The molecule has 0 radical (unpaired) electrons. The molecule has 1 aromatic carbocycles. The number of methoxy groups -OCH3 is 1. The summed E-state index contributed by atoms with van der Waals surface area (Å²) in [5, 5.41) is 4.87. The Morgan fingerprint density at radius 1 is 1.26 bits per heavy atom. The van der Waals surface area contributed by atoms with E-state index in [2.05, 4.69) is 5.32 Å². The molecule has 5 heteroatoms. The van der Waals surface area contributed by atoms with Crippen molar-refractivity contribution in [1.29, 1.82) is 0 Å². The van der Waals surface area contributed by atoms with Gasteiger partial charge in [-0.1, -0.05) is 0 Å². The molecule has 0 fully saturated rings. The first-order chi connectivity index (χ1) is 9.08. The van der Waals surface area contributed by atoms with Crippen LogP contribution < -0.4 is 10.1 Å². The summed E-state index contributed by atoms with van der Waals surface area (Å²) in [7, 11) is 3.27. The van der Waals surface area contributed by atoms with Crippen LogP contribution in [0.1, 0.15) is 22.0 Å². The zero-order valence-electron chi connectivity index (χ0n) is 11.0. The van der Waals surface area contributed by atoms with Crippen molar-refractivity contribution in [2.75, 3.05) is 14.2 Å². The summed E-state index contributed by atoms with van der Waals surface area (Å²) in [6.07, 6.45) is 0. The van der Waals surface area contributed by atoms with Crippen LogP contribution in [0.5, 0.6) is 5.75 Å². The third-order valence-electron chi connectivity index (χ3n) is 3.02. The summed E-state index contributed by atoms with van der Waals surface area (Å²) in [5.74, 6) is -0.161. The van der Waals surface area contributed by atoms with Crippen molar-refractivity contribution in [3.8, 4) is 5.75 Å². The third kappa shape index (κ3) is 2.62. The minimum atomic E-state index is -0.426. The Bertz CT molecular complexity index is 583. The Morgan fingerprint density at radius 3 is 2.63 bits per heavy atom. The van der Waals surface area contributed by atoms with Crippen LogP contribution in [0.2, 0.25) is 0 Å². The van der Waals surface area contributed by atoms with Crippen LogP contribution in [0.4, 0.5) is 8.78 Å². The number of nitrogens with one attached hydrogen (secondary N) is 1. The standard InChI is InChI=1S/C14H15F2NOS/c1-8-6-11(16)9(7-10(8)15)13(17-2)14-12(18-3)4-5-19-14/h4-7,13,17H,1-3H3. The van der Waals surface area contributed by atoms with Gasteiger partial charge >= 0.3 is 0 Å². The third-order valence-corrected chi connectivity index (χ3v) is 3.98. The van der Waals surface area contributed by atoms with Crippen LogP contribution in [0.3, 0.4) is 0 Å². The van der Waals surface area contributed by atoms with Gasteiger partial charge in [0.15, 0.2) is 0 Å². The molecule has 0 amide bonds. The van der Waals surface area contributed by atoms with Crippen LogP contribution >= 0.6 is 11.3 Å². The predicted octanol–water partition coefficient (Wildman–Crippen LogP) is 3.65. The molecule has 1 atom stereocenters. The van der Waals surface area contributed by atoms with Crippen molar-refractivity contribution in [3.05, 3.63) is 51.2 Å². The van der Waals surface area contributed by atoms with Gasteiger partial charge in [-0.2, -0.15) is 0 Å². The van der Waals surface area contributed by atoms with Crippen LogP contribution in [0, 0.1) is 18.6 Å². The van der Waals surface area contributed by atoms with Gasteiger partial charge in [-0.15, -0.1) is 11.3 Å². The normalized spacial score (nSPS) is 12.5. The summed E-state index contributed by atoms with van der Waals surface area (Å²) < 4.78 is 32.9. The van der Waals surface area contributed by atoms with Gasteiger partial charge in [0.25, 0.3) is 0 Å². The van der Waals surface area contributed by atoms with Gasteiger partial charge in [0.1, 0.15) is 17.4 Å². The Morgan fingerprint density at radius 2 is 2.00 bits per heavy atom. The Kier molecular flexibility index (Phi) is 4.17. The van der Waals surface area contributed by atoms with Gasteiger partial charge in [0.05, 0.1) is 18.0 Å². The smallest absolute Gasteiger partial charge is 0.134 e. The largest absolute Gasteiger partial charge is 0.496 e. The molecule has 1 aromatic heterocycles. The first kappa shape index (κ1) is 14.0. The number of rotatable bonds is 4. The molecule has 0 aliphatic rings. The maximum absolute atomic E-state index is 14.1. The Labute approximate surface area is 115 Å². The number of hydrogen-bond acceptors (Lipinski definition) is 3. The highest BCUT2D eigenvalue weighted by atomic mass is 32.1. The average Bonchev–Trinajstić information content (AvgIpc) is 2.84. The molecule has 0 bridgehead atoms. The van der Waals surface area contributed by atoms with Gasteiger partial charge in [-0.05, 0) is 43.1 Å². The lowest BCUT2D eigenvalue weighted by molar-refractivity contribution is 0.408. The van der Waals surface area contributed by atoms with Gasteiger partial charge in [-0.3, -0.25) is 0 Å². The van der Waals surface area contributed by atoms with Gasteiger partial charge < -0.3 is 10.1 Å². The molecule has 2 aromatic rings. The van der Waals surface area contributed by atoms with Crippen molar-refractivity contribution in [2.24, 2.45) is 0 Å². The minimum Gasteiger partial charge on any atom is -0.496 e. The molecule has 2 rings (SSSR count). The van der Waals surface area contributed by atoms with Crippen molar-refractivity contribution in [3.63, 3.8) is 0 Å². The van der Waals surface area contributed by atoms with E-state index in [0.29, 0.717) is 11.3 Å². The van der Waals surface area contributed by atoms with E-state index in [1.165, 1.54) is 23.5 Å². The van der Waals surface area contributed by atoms with Crippen LogP contribution in [-0.4, -0.2) is 14.2 Å². The number of halogens is 2. The fourth-order valence-corrected chi connectivity index (χ4v) is 2.99. The highest BCUT2D eigenvalue weighted by Gasteiger charge is 2.22. The number of aryl methyl sites for hydroxylation is 1. The molecule has 0 saturated carbocycles. The number of ether oxygens (including phenoxy) is 1. The van der Waals surface area contributed by atoms with Crippen LogP contribution in [-0.2, 0) is 0 Å². The molecule has 102 valence electrons.